The lowest BCUT2D eigenvalue weighted by Crippen LogP contribution is -2.40. The van der Waals surface area contributed by atoms with Crippen molar-refractivity contribution >= 4 is 22.8 Å². The van der Waals surface area contributed by atoms with E-state index in [1.807, 2.05) is 0 Å². The molecule has 3 aromatic heterocycles. The van der Waals surface area contributed by atoms with E-state index in [4.69, 9.17) is 0 Å². The van der Waals surface area contributed by atoms with Crippen molar-refractivity contribution in [2.75, 3.05) is 13.1 Å². The third kappa shape index (κ3) is 3.29. The van der Waals surface area contributed by atoms with Crippen molar-refractivity contribution in [3.05, 3.63) is 52.2 Å². The van der Waals surface area contributed by atoms with Crippen molar-refractivity contribution in [3.8, 4) is 0 Å². The molecule has 0 spiro atoms. The van der Waals surface area contributed by atoms with Crippen LogP contribution in [0.25, 0.3) is 5.52 Å². The Balaban J connectivity index is 1.56. The molecule has 0 bridgehead atoms. The second-order valence-corrected chi connectivity index (χ2v) is 7.24. The van der Waals surface area contributed by atoms with Gasteiger partial charge in [0.15, 0.2) is 5.69 Å². The van der Waals surface area contributed by atoms with Gasteiger partial charge >= 0.3 is 6.18 Å². The standard InChI is InChI=1S/C17H14F4N4OS/c18-11-4-2-6-25-12(11)7-22-14(25)16(26)24-5-1-3-10(8-24)15-23-13(9-27-15)17(19,20)21/h2,4,6-7,9-10H,1,3,5,8H2. The van der Waals surface area contributed by atoms with Gasteiger partial charge < -0.3 is 4.90 Å². The number of hydrogen-bond acceptors (Lipinski definition) is 4. The number of piperidine rings is 1. The van der Waals surface area contributed by atoms with Crippen molar-refractivity contribution < 1.29 is 22.4 Å². The minimum atomic E-state index is -4.47. The Kier molecular flexibility index (Phi) is 4.37. The molecule has 1 unspecified atom stereocenters. The number of pyridine rings is 1. The molecule has 27 heavy (non-hydrogen) atoms. The van der Waals surface area contributed by atoms with Crippen LogP contribution in [0.4, 0.5) is 17.6 Å². The first-order valence-electron chi connectivity index (χ1n) is 8.28. The summed E-state index contributed by atoms with van der Waals surface area (Å²) in [6, 6.07) is 2.76. The van der Waals surface area contributed by atoms with Crippen LogP contribution in [0.2, 0.25) is 0 Å². The highest BCUT2D eigenvalue weighted by atomic mass is 32.1. The number of alkyl halides is 3. The summed E-state index contributed by atoms with van der Waals surface area (Å²) in [6.07, 6.45) is -0.324. The topological polar surface area (TPSA) is 50.5 Å². The molecule has 1 saturated heterocycles. The van der Waals surface area contributed by atoms with Crippen LogP contribution >= 0.6 is 11.3 Å². The van der Waals surface area contributed by atoms with Crippen molar-refractivity contribution in [2.24, 2.45) is 0 Å². The van der Waals surface area contributed by atoms with Crippen LogP contribution in [0.15, 0.2) is 29.9 Å². The van der Waals surface area contributed by atoms with E-state index >= 15 is 0 Å². The predicted molar refractivity (Wildman–Crippen MR) is 90.1 cm³/mol. The minimum Gasteiger partial charge on any atom is -0.335 e. The smallest absolute Gasteiger partial charge is 0.335 e. The number of fused-ring (bicyclic) bond motifs is 1. The van der Waals surface area contributed by atoms with Gasteiger partial charge in [-0.15, -0.1) is 11.3 Å². The maximum atomic E-state index is 13.8. The Morgan fingerprint density at radius 1 is 1.33 bits per heavy atom. The summed E-state index contributed by atoms with van der Waals surface area (Å²) in [5.41, 5.74) is -0.704. The van der Waals surface area contributed by atoms with Gasteiger partial charge in [0, 0.05) is 30.6 Å². The minimum absolute atomic E-state index is 0.0836. The lowest BCUT2D eigenvalue weighted by atomic mass is 9.98. The fraction of sp³-hybridized carbons (Fsp3) is 0.353. The average Bonchev–Trinajstić information content (AvgIpc) is 3.29. The number of carbonyl (C=O) groups is 1. The zero-order valence-corrected chi connectivity index (χ0v) is 14.7. The molecule has 4 heterocycles. The molecule has 0 N–H and O–H groups in total. The predicted octanol–water partition coefficient (Wildman–Crippen LogP) is 3.97. The van der Waals surface area contributed by atoms with E-state index in [9.17, 15) is 22.4 Å². The first-order chi connectivity index (χ1) is 12.8. The summed E-state index contributed by atoms with van der Waals surface area (Å²) < 4.78 is 53.5. The molecule has 5 nitrogen and oxygen atoms in total. The Morgan fingerprint density at radius 3 is 2.89 bits per heavy atom. The first-order valence-corrected chi connectivity index (χ1v) is 9.16. The van der Waals surface area contributed by atoms with Gasteiger partial charge in [-0.1, -0.05) is 0 Å². The van der Waals surface area contributed by atoms with Crippen LogP contribution in [0, 0.1) is 5.82 Å². The number of imidazole rings is 1. The second kappa shape index (κ2) is 6.59. The summed E-state index contributed by atoms with van der Waals surface area (Å²) in [5, 5.41) is 1.37. The van der Waals surface area contributed by atoms with E-state index in [2.05, 4.69) is 9.97 Å². The molecule has 1 amide bonds. The summed E-state index contributed by atoms with van der Waals surface area (Å²) in [6.45, 7) is 0.727. The van der Waals surface area contributed by atoms with Gasteiger partial charge in [-0.25, -0.2) is 14.4 Å². The third-order valence-electron chi connectivity index (χ3n) is 4.58. The van der Waals surface area contributed by atoms with Crippen LogP contribution in [0.5, 0.6) is 0 Å². The number of thiazole rings is 1. The average molecular weight is 398 g/mol. The van der Waals surface area contributed by atoms with Crippen LogP contribution in [-0.2, 0) is 6.18 Å². The molecule has 4 rings (SSSR count). The van der Waals surface area contributed by atoms with Gasteiger partial charge in [0.2, 0.25) is 5.82 Å². The molecular weight excluding hydrogens is 384 g/mol. The fourth-order valence-electron chi connectivity index (χ4n) is 3.26. The summed E-state index contributed by atoms with van der Waals surface area (Å²) in [7, 11) is 0. The number of nitrogens with zero attached hydrogens (tertiary/aromatic N) is 4. The number of halogens is 4. The van der Waals surface area contributed by atoms with E-state index in [0.717, 1.165) is 16.7 Å². The van der Waals surface area contributed by atoms with Crippen LogP contribution < -0.4 is 0 Å². The Bertz CT molecular complexity index is 996. The summed E-state index contributed by atoms with van der Waals surface area (Å²) in [5.74, 6) is -1.03. The summed E-state index contributed by atoms with van der Waals surface area (Å²) >= 11 is 0.959. The zero-order valence-electron chi connectivity index (χ0n) is 13.9. The van der Waals surface area contributed by atoms with E-state index in [1.54, 1.807) is 11.1 Å². The Morgan fingerprint density at radius 2 is 2.15 bits per heavy atom. The lowest BCUT2D eigenvalue weighted by Gasteiger charge is -2.31. The van der Waals surface area contributed by atoms with Crippen molar-refractivity contribution in [1.29, 1.82) is 0 Å². The Hall–Kier alpha value is -2.49. The number of aromatic nitrogens is 3. The lowest BCUT2D eigenvalue weighted by molar-refractivity contribution is -0.140. The molecule has 10 heteroatoms. The van der Waals surface area contributed by atoms with E-state index in [1.165, 1.54) is 22.7 Å². The zero-order chi connectivity index (χ0) is 19.2. The third-order valence-corrected chi connectivity index (χ3v) is 5.59. The van der Waals surface area contributed by atoms with E-state index < -0.39 is 17.7 Å². The van der Waals surface area contributed by atoms with Crippen molar-refractivity contribution in [1.82, 2.24) is 19.3 Å². The molecule has 1 aliphatic rings. The molecule has 1 fully saturated rings. The highest BCUT2D eigenvalue weighted by Gasteiger charge is 2.36. The summed E-state index contributed by atoms with van der Waals surface area (Å²) in [4.78, 5) is 22.1. The maximum absolute atomic E-state index is 13.8. The molecular formula is C17H14F4N4OS. The molecule has 0 aromatic carbocycles. The number of carbonyl (C=O) groups excluding carboxylic acids is 1. The van der Waals surface area contributed by atoms with E-state index in [-0.39, 0.29) is 29.7 Å². The fourth-order valence-corrected chi connectivity index (χ4v) is 4.21. The van der Waals surface area contributed by atoms with Gasteiger partial charge in [-0.05, 0) is 25.0 Å². The maximum Gasteiger partial charge on any atom is 0.434 e. The van der Waals surface area contributed by atoms with E-state index in [0.29, 0.717) is 24.4 Å². The number of amides is 1. The number of rotatable bonds is 2. The van der Waals surface area contributed by atoms with Gasteiger partial charge in [-0.2, -0.15) is 13.2 Å². The number of hydrogen-bond donors (Lipinski definition) is 0. The van der Waals surface area contributed by atoms with Gasteiger partial charge in [-0.3, -0.25) is 9.20 Å². The van der Waals surface area contributed by atoms with Gasteiger partial charge in [0.25, 0.3) is 5.91 Å². The quantitative estimate of drug-likeness (QED) is 0.614. The SMILES string of the molecule is O=C(c1ncc2c(F)cccn12)N1CCCC(c2nc(C(F)(F)F)cs2)C1. The van der Waals surface area contributed by atoms with Crippen molar-refractivity contribution in [2.45, 2.75) is 24.9 Å². The molecule has 1 aliphatic heterocycles. The highest BCUT2D eigenvalue weighted by molar-refractivity contribution is 7.09. The normalized spacial score (nSPS) is 18.2. The largest absolute Gasteiger partial charge is 0.434 e. The van der Waals surface area contributed by atoms with Crippen LogP contribution in [-0.4, -0.2) is 38.3 Å². The van der Waals surface area contributed by atoms with Crippen molar-refractivity contribution in [3.63, 3.8) is 0 Å². The molecule has 3 aromatic rings. The number of likely N-dealkylation sites (tertiary alicyclic amines) is 1. The molecule has 0 radical (unpaired) electrons. The molecule has 0 aliphatic carbocycles. The second-order valence-electron chi connectivity index (χ2n) is 6.35. The monoisotopic (exact) mass is 398 g/mol. The van der Waals surface area contributed by atoms with Crippen LogP contribution in [0.1, 0.15) is 40.1 Å². The van der Waals surface area contributed by atoms with Gasteiger partial charge in [0.1, 0.15) is 11.3 Å². The highest BCUT2D eigenvalue weighted by Crippen LogP contribution is 2.35. The molecule has 1 atom stereocenters. The Labute approximate surface area is 155 Å². The van der Waals surface area contributed by atoms with Gasteiger partial charge in [0.05, 0.1) is 11.2 Å². The first kappa shape index (κ1) is 17.9. The molecule has 142 valence electrons. The van der Waals surface area contributed by atoms with Crippen LogP contribution in [0.3, 0.4) is 0 Å². The molecule has 0 saturated carbocycles.